The molecule has 3 rings (SSSR count). The van der Waals surface area contributed by atoms with E-state index in [2.05, 4.69) is 16.9 Å². The van der Waals surface area contributed by atoms with Gasteiger partial charge in [-0.25, -0.2) is 14.4 Å². The Bertz CT molecular complexity index is 926. The number of aromatic nitrogens is 2. The minimum Gasteiger partial charge on any atom is -0.341 e. The van der Waals surface area contributed by atoms with Gasteiger partial charge in [-0.1, -0.05) is 30.0 Å². The van der Waals surface area contributed by atoms with Gasteiger partial charge in [0.05, 0.1) is 5.75 Å². The van der Waals surface area contributed by atoms with Crippen molar-refractivity contribution < 1.29 is 9.18 Å². The molecule has 0 saturated carbocycles. The molecule has 0 radical (unpaired) electrons. The van der Waals surface area contributed by atoms with Gasteiger partial charge in [0.1, 0.15) is 22.0 Å². The molecule has 0 aliphatic rings. The van der Waals surface area contributed by atoms with Crippen LogP contribution in [0.1, 0.15) is 16.0 Å². The Morgan fingerprint density at radius 2 is 2.04 bits per heavy atom. The molecule has 0 spiro atoms. The first kappa shape index (κ1) is 17.8. The van der Waals surface area contributed by atoms with Crippen molar-refractivity contribution in [1.29, 1.82) is 0 Å². The first-order valence-electron chi connectivity index (χ1n) is 7.78. The fourth-order valence-electron chi connectivity index (χ4n) is 2.47. The van der Waals surface area contributed by atoms with Crippen molar-refractivity contribution in [3.63, 3.8) is 0 Å². The first-order chi connectivity index (χ1) is 12.0. The Morgan fingerprint density at radius 1 is 1.28 bits per heavy atom. The number of thioether (sulfide) groups is 1. The molecule has 25 heavy (non-hydrogen) atoms. The quantitative estimate of drug-likeness (QED) is 0.495. The van der Waals surface area contributed by atoms with Crippen LogP contribution in [0.2, 0.25) is 0 Å². The number of benzene rings is 1. The van der Waals surface area contributed by atoms with Crippen LogP contribution in [0, 0.1) is 19.7 Å². The zero-order valence-electron chi connectivity index (χ0n) is 14.2. The minimum atomic E-state index is -0.295. The van der Waals surface area contributed by atoms with Gasteiger partial charge in [0.15, 0.2) is 0 Å². The molecule has 1 aromatic carbocycles. The number of carbonyl (C=O) groups is 1. The topological polar surface area (TPSA) is 46.1 Å². The van der Waals surface area contributed by atoms with E-state index in [4.69, 9.17) is 0 Å². The summed E-state index contributed by atoms with van der Waals surface area (Å²) in [5.41, 5.74) is 1.67. The predicted octanol–water partition coefficient (Wildman–Crippen LogP) is 4.20. The van der Waals surface area contributed by atoms with Gasteiger partial charge in [0.25, 0.3) is 0 Å². The number of aryl methyl sites for hydroxylation is 2. The Balaban J connectivity index is 1.69. The van der Waals surface area contributed by atoms with Gasteiger partial charge in [-0.05, 0) is 25.5 Å². The average molecular weight is 375 g/mol. The number of rotatable bonds is 5. The first-order valence-corrected chi connectivity index (χ1v) is 9.58. The summed E-state index contributed by atoms with van der Waals surface area (Å²) in [6.07, 6.45) is 1.54. The standard InChI is InChI=1S/C18H18FN3OS2/c1-11-12(2)25-18-16(11)17(20-10-21-18)24-9-15(23)22(3)8-13-6-4-5-7-14(13)19/h4-7,10H,8-9H2,1-3H3. The Hall–Kier alpha value is -1.99. The van der Waals surface area contributed by atoms with Gasteiger partial charge in [-0.15, -0.1) is 11.3 Å². The molecule has 7 heteroatoms. The lowest BCUT2D eigenvalue weighted by atomic mass is 10.2. The van der Waals surface area contributed by atoms with Crippen LogP contribution in [-0.4, -0.2) is 33.6 Å². The molecule has 0 saturated heterocycles. The zero-order chi connectivity index (χ0) is 18.0. The number of carbonyl (C=O) groups excluding carboxylic acids is 1. The maximum atomic E-state index is 13.7. The van der Waals surface area contributed by atoms with Crippen LogP contribution >= 0.6 is 23.1 Å². The lowest BCUT2D eigenvalue weighted by Crippen LogP contribution is -2.28. The number of fused-ring (bicyclic) bond motifs is 1. The maximum absolute atomic E-state index is 13.7. The molecule has 0 bridgehead atoms. The number of nitrogens with zero attached hydrogens (tertiary/aromatic N) is 3. The molecule has 0 fully saturated rings. The van der Waals surface area contributed by atoms with E-state index in [1.165, 1.54) is 33.9 Å². The molecule has 130 valence electrons. The summed E-state index contributed by atoms with van der Waals surface area (Å²) < 4.78 is 13.7. The lowest BCUT2D eigenvalue weighted by Gasteiger charge is -2.17. The van der Waals surface area contributed by atoms with E-state index in [0.29, 0.717) is 5.56 Å². The second kappa shape index (κ2) is 7.49. The summed E-state index contributed by atoms with van der Waals surface area (Å²) in [4.78, 5) is 24.7. The third-order valence-electron chi connectivity index (χ3n) is 4.05. The van der Waals surface area contributed by atoms with Gasteiger partial charge in [-0.3, -0.25) is 4.79 Å². The molecule has 0 aliphatic heterocycles. The van der Waals surface area contributed by atoms with Crippen LogP contribution in [0.15, 0.2) is 35.6 Å². The van der Waals surface area contributed by atoms with E-state index in [1.54, 1.807) is 36.6 Å². The van der Waals surface area contributed by atoms with Gasteiger partial charge in [0, 0.05) is 29.4 Å². The van der Waals surface area contributed by atoms with Crippen LogP contribution < -0.4 is 0 Å². The SMILES string of the molecule is Cc1sc2ncnc(SCC(=O)N(C)Cc3ccccc3F)c2c1C. The van der Waals surface area contributed by atoms with Crippen molar-refractivity contribution in [3.05, 3.63) is 52.4 Å². The van der Waals surface area contributed by atoms with Crippen molar-refractivity contribution >= 4 is 39.2 Å². The maximum Gasteiger partial charge on any atom is 0.233 e. The molecule has 0 N–H and O–H groups in total. The highest BCUT2D eigenvalue weighted by Gasteiger charge is 2.16. The zero-order valence-corrected chi connectivity index (χ0v) is 15.9. The van der Waals surface area contributed by atoms with E-state index >= 15 is 0 Å². The van der Waals surface area contributed by atoms with E-state index in [1.807, 2.05) is 6.92 Å². The van der Waals surface area contributed by atoms with Gasteiger partial charge in [0.2, 0.25) is 5.91 Å². The predicted molar refractivity (Wildman–Crippen MR) is 100 cm³/mol. The Morgan fingerprint density at radius 3 is 2.80 bits per heavy atom. The smallest absolute Gasteiger partial charge is 0.233 e. The third kappa shape index (κ3) is 3.82. The highest BCUT2D eigenvalue weighted by molar-refractivity contribution is 8.00. The minimum absolute atomic E-state index is 0.0652. The second-order valence-electron chi connectivity index (χ2n) is 5.77. The van der Waals surface area contributed by atoms with Crippen molar-refractivity contribution in [1.82, 2.24) is 14.9 Å². The summed E-state index contributed by atoms with van der Waals surface area (Å²) in [6.45, 7) is 4.36. The molecule has 2 heterocycles. The third-order valence-corrected chi connectivity index (χ3v) is 6.14. The van der Waals surface area contributed by atoms with Gasteiger partial charge >= 0.3 is 0 Å². The van der Waals surface area contributed by atoms with Crippen LogP contribution in [0.25, 0.3) is 10.2 Å². The summed E-state index contributed by atoms with van der Waals surface area (Å²) in [7, 11) is 1.69. The van der Waals surface area contributed by atoms with Crippen molar-refractivity contribution in [2.75, 3.05) is 12.8 Å². The van der Waals surface area contributed by atoms with Crippen LogP contribution in [-0.2, 0) is 11.3 Å². The molecule has 2 aromatic heterocycles. The van der Waals surface area contributed by atoms with E-state index in [0.717, 1.165) is 20.8 Å². The molecule has 0 unspecified atom stereocenters. The Kier molecular flexibility index (Phi) is 5.34. The number of amides is 1. The number of thiophene rings is 1. The van der Waals surface area contributed by atoms with E-state index < -0.39 is 0 Å². The normalized spacial score (nSPS) is 11.0. The van der Waals surface area contributed by atoms with Gasteiger partial charge in [-0.2, -0.15) is 0 Å². The van der Waals surface area contributed by atoms with Crippen molar-refractivity contribution in [2.45, 2.75) is 25.4 Å². The molecular weight excluding hydrogens is 357 g/mol. The van der Waals surface area contributed by atoms with Crippen molar-refractivity contribution in [3.8, 4) is 0 Å². The number of hydrogen-bond donors (Lipinski definition) is 0. The fourth-order valence-corrected chi connectivity index (χ4v) is 4.53. The summed E-state index contributed by atoms with van der Waals surface area (Å²) in [5, 5.41) is 1.85. The average Bonchev–Trinajstić information content (AvgIpc) is 2.89. The summed E-state index contributed by atoms with van der Waals surface area (Å²) in [6, 6.07) is 6.51. The summed E-state index contributed by atoms with van der Waals surface area (Å²) >= 11 is 3.03. The molecule has 4 nitrogen and oxygen atoms in total. The molecule has 3 aromatic rings. The largest absolute Gasteiger partial charge is 0.341 e. The lowest BCUT2D eigenvalue weighted by molar-refractivity contribution is -0.127. The van der Waals surface area contributed by atoms with Crippen LogP contribution in [0.3, 0.4) is 0 Å². The summed E-state index contributed by atoms with van der Waals surface area (Å²) in [5.74, 6) is -0.105. The molecule has 1 amide bonds. The Labute approximate surface area is 154 Å². The van der Waals surface area contributed by atoms with Crippen molar-refractivity contribution in [2.24, 2.45) is 0 Å². The second-order valence-corrected chi connectivity index (χ2v) is 7.94. The molecular formula is C18H18FN3OS2. The van der Waals surface area contributed by atoms with E-state index in [-0.39, 0.29) is 24.0 Å². The monoisotopic (exact) mass is 375 g/mol. The highest BCUT2D eigenvalue weighted by Crippen LogP contribution is 2.34. The number of hydrogen-bond acceptors (Lipinski definition) is 5. The number of halogens is 1. The fraction of sp³-hybridized carbons (Fsp3) is 0.278. The van der Waals surface area contributed by atoms with Crippen LogP contribution in [0.5, 0.6) is 0 Å². The van der Waals surface area contributed by atoms with Gasteiger partial charge < -0.3 is 4.90 Å². The van der Waals surface area contributed by atoms with E-state index in [9.17, 15) is 9.18 Å². The molecule has 0 aliphatic carbocycles. The highest BCUT2D eigenvalue weighted by atomic mass is 32.2. The van der Waals surface area contributed by atoms with Crippen LogP contribution in [0.4, 0.5) is 4.39 Å². The molecule has 0 atom stereocenters.